The maximum atomic E-state index is 13.1. The van der Waals surface area contributed by atoms with Crippen LogP contribution in [0.5, 0.6) is 0 Å². The van der Waals surface area contributed by atoms with Gasteiger partial charge in [0.05, 0.1) is 6.61 Å². The van der Waals surface area contributed by atoms with Gasteiger partial charge in [-0.25, -0.2) is 8.78 Å². The molecule has 0 atom stereocenters. The van der Waals surface area contributed by atoms with Crippen molar-refractivity contribution in [1.82, 2.24) is 0 Å². The molecule has 0 heterocycles. The van der Waals surface area contributed by atoms with Gasteiger partial charge < -0.3 is 9.47 Å². The van der Waals surface area contributed by atoms with Gasteiger partial charge in [-0.2, -0.15) is 26.3 Å². The second-order valence-electron chi connectivity index (χ2n) is 5.29. The number of rotatable bonds is 12. The molecule has 4 nitrogen and oxygen atoms in total. The first-order chi connectivity index (χ1) is 11.8. The van der Waals surface area contributed by atoms with E-state index < -0.39 is 49.2 Å². The van der Waals surface area contributed by atoms with Crippen LogP contribution in [0.15, 0.2) is 0 Å². The van der Waals surface area contributed by atoms with E-state index in [4.69, 9.17) is 4.74 Å². The van der Waals surface area contributed by atoms with Crippen molar-refractivity contribution in [3.8, 4) is 0 Å². The summed E-state index contributed by atoms with van der Waals surface area (Å²) in [7, 11) is 0. The summed E-state index contributed by atoms with van der Waals surface area (Å²) in [4.78, 5) is 22.3. The van der Waals surface area contributed by atoms with Crippen molar-refractivity contribution in [3.63, 3.8) is 0 Å². The molecule has 0 saturated heterocycles. The first-order valence-electron chi connectivity index (χ1n) is 7.52. The summed E-state index contributed by atoms with van der Waals surface area (Å²) >= 11 is 0. The zero-order valence-corrected chi connectivity index (χ0v) is 13.7. The van der Waals surface area contributed by atoms with Crippen molar-refractivity contribution in [1.29, 1.82) is 0 Å². The quantitative estimate of drug-likeness (QED) is 0.279. The predicted molar refractivity (Wildman–Crippen MR) is 71.5 cm³/mol. The number of ether oxygens (including phenoxy) is 2. The van der Waals surface area contributed by atoms with Crippen LogP contribution >= 0.6 is 0 Å². The third kappa shape index (κ3) is 6.60. The maximum Gasteiger partial charge on any atom is 0.381 e. The molecule has 0 N–H and O–H groups in total. The van der Waals surface area contributed by atoms with E-state index in [2.05, 4.69) is 4.74 Å². The van der Waals surface area contributed by atoms with Crippen LogP contribution in [0, 0.1) is 0 Å². The highest BCUT2D eigenvalue weighted by atomic mass is 19.4. The minimum absolute atomic E-state index is 0.152. The molecule has 0 fully saturated rings. The summed E-state index contributed by atoms with van der Waals surface area (Å²) in [6.07, 6.45) is -4.83. The minimum Gasteiger partial charge on any atom is -0.466 e. The fourth-order valence-electron chi connectivity index (χ4n) is 1.49. The van der Waals surface area contributed by atoms with Crippen molar-refractivity contribution < 1.29 is 54.2 Å². The fourth-order valence-corrected chi connectivity index (χ4v) is 1.49. The second-order valence-corrected chi connectivity index (χ2v) is 5.29. The van der Waals surface area contributed by atoms with Crippen molar-refractivity contribution in [3.05, 3.63) is 0 Å². The standard InChI is InChI=1S/C14H18F8O4/c1-2-3-7-25-9(23)5-4-6-10(24)26-8-12(17,18)14(21,22)13(19,20)11(15)16/h11H,2-8H2,1H3. The highest BCUT2D eigenvalue weighted by molar-refractivity contribution is 5.72. The first kappa shape index (κ1) is 24.4. The van der Waals surface area contributed by atoms with Gasteiger partial charge in [0, 0.05) is 12.8 Å². The van der Waals surface area contributed by atoms with E-state index in [1.807, 2.05) is 6.92 Å². The van der Waals surface area contributed by atoms with Crippen LogP contribution < -0.4 is 0 Å². The highest BCUT2D eigenvalue weighted by Crippen LogP contribution is 2.48. The molecule has 0 rings (SSSR count). The van der Waals surface area contributed by atoms with Gasteiger partial charge in [0.1, 0.15) is 0 Å². The molecule has 26 heavy (non-hydrogen) atoms. The first-order valence-corrected chi connectivity index (χ1v) is 7.52. The zero-order chi connectivity index (χ0) is 20.6. The van der Waals surface area contributed by atoms with E-state index in [0.29, 0.717) is 6.42 Å². The lowest BCUT2D eigenvalue weighted by Crippen LogP contribution is -2.59. The lowest BCUT2D eigenvalue weighted by molar-refractivity contribution is -0.344. The van der Waals surface area contributed by atoms with Gasteiger partial charge >= 0.3 is 36.1 Å². The smallest absolute Gasteiger partial charge is 0.381 e. The molecular weight excluding hydrogens is 384 g/mol. The van der Waals surface area contributed by atoms with E-state index in [9.17, 15) is 44.7 Å². The molecule has 0 amide bonds. The highest BCUT2D eigenvalue weighted by Gasteiger charge is 2.75. The number of carbonyl (C=O) groups excluding carboxylic acids is 2. The molecule has 0 spiro atoms. The lowest BCUT2D eigenvalue weighted by Gasteiger charge is -2.31. The topological polar surface area (TPSA) is 52.6 Å². The number of carbonyl (C=O) groups is 2. The number of unbranched alkanes of at least 4 members (excludes halogenated alkanes) is 1. The number of hydrogen-bond donors (Lipinski definition) is 0. The van der Waals surface area contributed by atoms with Crippen LogP contribution in [-0.2, 0) is 19.1 Å². The molecule has 0 aromatic heterocycles. The molecule has 0 bridgehead atoms. The van der Waals surface area contributed by atoms with Crippen molar-refractivity contribution in [2.45, 2.75) is 63.2 Å². The molecule has 0 aliphatic rings. The van der Waals surface area contributed by atoms with E-state index in [1.165, 1.54) is 0 Å². The lowest BCUT2D eigenvalue weighted by atomic mass is 10.1. The van der Waals surface area contributed by atoms with Crippen LogP contribution in [0.1, 0.15) is 39.0 Å². The molecule has 0 aliphatic carbocycles. The Morgan fingerprint density at radius 2 is 1.38 bits per heavy atom. The molecule has 0 aromatic carbocycles. The van der Waals surface area contributed by atoms with E-state index >= 15 is 0 Å². The average Bonchev–Trinajstić information content (AvgIpc) is 2.52. The van der Waals surface area contributed by atoms with Crippen LogP contribution in [-0.4, -0.2) is 49.3 Å². The molecule has 0 aromatic rings. The Labute approximate surface area is 143 Å². The van der Waals surface area contributed by atoms with Crippen molar-refractivity contribution in [2.24, 2.45) is 0 Å². The second kappa shape index (κ2) is 9.91. The number of hydrogen-bond acceptors (Lipinski definition) is 4. The summed E-state index contributed by atoms with van der Waals surface area (Å²) in [5, 5.41) is 0. The van der Waals surface area contributed by atoms with Gasteiger partial charge in [0.15, 0.2) is 6.61 Å². The molecule has 0 aliphatic heterocycles. The van der Waals surface area contributed by atoms with Crippen LogP contribution in [0.2, 0.25) is 0 Å². The third-order valence-corrected chi connectivity index (χ3v) is 3.09. The Balaban J connectivity index is 4.42. The Hall–Kier alpha value is -1.62. The Morgan fingerprint density at radius 1 is 0.885 bits per heavy atom. The SMILES string of the molecule is CCCCOC(=O)CCCC(=O)OCC(F)(F)C(F)(F)C(F)(F)C(F)F. The Kier molecular flexibility index (Phi) is 9.29. The van der Waals surface area contributed by atoms with E-state index in [1.54, 1.807) is 0 Å². The number of alkyl halides is 8. The summed E-state index contributed by atoms with van der Waals surface area (Å²) in [5.41, 5.74) is 0. The monoisotopic (exact) mass is 402 g/mol. The van der Waals surface area contributed by atoms with Gasteiger partial charge in [0.2, 0.25) is 0 Å². The summed E-state index contributed by atoms with van der Waals surface area (Å²) in [6, 6.07) is 0. The van der Waals surface area contributed by atoms with Crippen molar-refractivity contribution >= 4 is 11.9 Å². The molecule has 0 radical (unpaired) electrons. The van der Waals surface area contributed by atoms with E-state index in [0.717, 1.165) is 6.42 Å². The molecular formula is C14H18F8O4. The van der Waals surface area contributed by atoms with Gasteiger partial charge in [-0.3, -0.25) is 9.59 Å². The molecule has 0 saturated carbocycles. The summed E-state index contributed by atoms with van der Waals surface area (Å²) in [5.74, 6) is -20.6. The number of halogens is 8. The normalized spacial score (nSPS) is 13.0. The van der Waals surface area contributed by atoms with Gasteiger partial charge in [0.25, 0.3) is 0 Å². The molecule has 154 valence electrons. The summed E-state index contributed by atoms with van der Waals surface area (Å²) in [6.45, 7) is -0.512. The number of esters is 2. The Morgan fingerprint density at radius 3 is 1.85 bits per heavy atom. The average molecular weight is 402 g/mol. The van der Waals surface area contributed by atoms with Gasteiger partial charge in [-0.1, -0.05) is 13.3 Å². The third-order valence-electron chi connectivity index (χ3n) is 3.09. The summed E-state index contributed by atoms with van der Waals surface area (Å²) < 4.78 is 110. The Bertz CT molecular complexity index is 468. The molecule has 0 unspecified atom stereocenters. The van der Waals surface area contributed by atoms with Crippen LogP contribution in [0.4, 0.5) is 35.1 Å². The predicted octanol–water partition coefficient (Wildman–Crippen LogP) is 4.21. The van der Waals surface area contributed by atoms with Crippen LogP contribution in [0.25, 0.3) is 0 Å². The van der Waals surface area contributed by atoms with Crippen molar-refractivity contribution in [2.75, 3.05) is 13.2 Å². The van der Waals surface area contributed by atoms with Crippen LogP contribution in [0.3, 0.4) is 0 Å². The minimum atomic E-state index is -6.43. The zero-order valence-electron chi connectivity index (χ0n) is 13.7. The largest absolute Gasteiger partial charge is 0.466 e. The van der Waals surface area contributed by atoms with Gasteiger partial charge in [-0.15, -0.1) is 0 Å². The fraction of sp³-hybridized carbons (Fsp3) is 0.857. The van der Waals surface area contributed by atoms with Gasteiger partial charge in [-0.05, 0) is 12.8 Å². The van der Waals surface area contributed by atoms with E-state index in [-0.39, 0.29) is 19.4 Å². The maximum absolute atomic E-state index is 13.1. The molecule has 12 heteroatoms.